The van der Waals surface area contributed by atoms with Crippen LogP contribution in [0.15, 0.2) is 9.05 Å². The molecule has 0 saturated heterocycles. The average molecular weight is 503 g/mol. The number of nitrogens with zero attached hydrogens (tertiary/aromatic N) is 12. The molecule has 0 atom stereocenters. The molecule has 0 spiro atoms. The van der Waals surface area contributed by atoms with Crippen molar-refractivity contribution in [1.29, 1.82) is 0 Å². The average Bonchev–Trinajstić information content (AvgIpc) is 3.47. The Bertz CT molecular complexity index is 1230. The third-order valence-corrected chi connectivity index (χ3v) is 3.92. The standard InChI is InChI=1S/C8HN13O14/c22-16(23)7(17(24)25,18(26)27)5-9-3(13-34-5)1-2(12-15-11-1)4-10-6(35-14-4)8(19(28)29,20(30)31)21(32)33/h(H,11,12,15). The Morgan fingerprint density at radius 2 is 0.857 bits per heavy atom. The number of rotatable bonds is 10. The van der Waals surface area contributed by atoms with Crippen molar-refractivity contribution in [2.24, 2.45) is 0 Å². The number of aromatic amines is 1. The van der Waals surface area contributed by atoms with E-state index in [1.807, 2.05) is 5.21 Å². The monoisotopic (exact) mass is 503 g/mol. The van der Waals surface area contributed by atoms with E-state index < -0.39 is 75.9 Å². The maximum Gasteiger partial charge on any atom is 0.782 e. The zero-order chi connectivity index (χ0) is 26.3. The molecule has 0 saturated carbocycles. The molecule has 0 aliphatic rings. The summed E-state index contributed by atoms with van der Waals surface area (Å²) >= 11 is 0. The number of H-pyrrole nitrogens is 1. The fourth-order valence-corrected chi connectivity index (χ4v) is 2.32. The lowest BCUT2D eigenvalue weighted by Gasteiger charge is -2.03. The Morgan fingerprint density at radius 3 is 1.11 bits per heavy atom. The van der Waals surface area contributed by atoms with Crippen molar-refractivity contribution in [3.8, 4) is 23.0 Å². The van der Waals surface area contributed by atoms with Crippen LogP contribution < -0.4 is 0 Å². The molecular weight excluding hydrogens is 502 g/mol. The fourth-order valence-electron chi connectivity index (χ4n) is 2.32. The predicted octanol–water partition coefficient (Wildman–Crippen LogP) is -2.21. The van der Waals surface area contributed by atoms with Gasteiger partial charge in [-0.15, -0.1) is 0 Å². The fraction of sp³-hybridized carbons (Fsp3) is 0.250. The van der Waals surface area contributed by atoms with Crippen LogP contribution in [0.25, 0.3) is 23.0 Å². The van der Waals surface area contributed by atoms with Crippen LogP contribution in [0.4, 0.5) is 0 Å². The van der Waals surface area contributed by atoms with E-state index in [2.05, 4.69) is 39.5 Å². The molecule has 0 bridgehead atoms. The second-order valence-corrected chi connectivity index (χ2v) is 5.68. The van der Waals surface area contributed by atoms with E-state index in [1.165, 1.54) is 0 Å². The largest absolute Gasteiger partial charge is 0.782 e. The topological polar surface area (TPSA) is 378 Å². The first-order chi connectivity index (χ1) is 16.3. The molecule has 0 amide bonds. The Balaban J connectivity index is 2.13. The Kier molecular flexibility index (Phi) is 5.20. The predicted molar refractivity (Wildman–Crippen MR) is 88.3 cm³/mol. The third kappa shape index (κ3) is 3.06. The van der Waals surface area contributed by atoms with Crippen LogP contribution in [-0.4, -0.2) is 65.2 Å². The van der Waals surface area contributed by atoms with Crippen LogP contribution in [-0.2, 0) is 11.6 Å². The van der Waals surface area contributed by atoms with Gasteiger partial charge in [0.05, 0.1) is 0 Å². The molecule has 3 aromatic rings. The van der Waals surface area contributed by atoms with Crippen LogP contribution in [0.2, 0.25) is 0 Å². The highest BCUT2D eigenvalue weighted by Crippen LogP contribution is 2.31. The van der Waals surface area contributed by atoms with Gasteiger partial charge in [-0.1, -0.05) is 10.3 Å². The van der Waals surface area contributed by atoms with Gasteiger partial charge in [0, 0.05) is 0 Å². The third-order valence-electron chi connectivity index (χ3n) is 3.92. The summed E-state index contributed by atoms with van der Waals surface area (Å²) in [5.74, 6) is -14.0. The van der Waals surface area contributed by atoms with Crippen molar-refractivity contribution in [2.45, 2.75) is 11.6 Å². The summed E-state index contributed by atoms with van der Waals surface area (Å²) in [6.45, 7) is 0. The van der Waals surface area contributed by atoms with Crippen molar-refractivity contribution < 1.29 is 38.6 Å². The zero-order valence-corrected chi connectivity index (χ0v) is 15.6. The van der Waals surface area contributed by atoms with Gasteiger partial charge in [-0.25, -0.2) is 0 Å². The van der Waals surface area contributed by atoms with Crippen LogP contribution >= 0.6 is 0 Å². The van der Waals surface area contributed by atoms with E-state index in [4.69, 9.17) is 0 Å². The van der Waals surface area contributed by atoms with Crippen molar-refractivity contribution in [1.82, 2.24) is 35.7 Å². The highest BCUT2D eigenvalue weighted by atomic mass is 16.8. The molecule has 0 radical (unpaired) electrons. The SMILES string of the molecule is O=[N+]([O-])C(c1nc(-c2n[nH]nc2-c2noc(C([N+](=O)[O-])([N+](=O)[O-])[N+](=O)[O-])n2)no1)([N+](=O)[O-])[N+](=O)[O-]. The molecule has 0 aliphatic heterocycles. The van der Waals surface area contributed by atoms with Gasteiger partial charge in [0.1, 0.15) is 0 Å². The van der Waals surface area contributed by atoms with Crippen LogP contribution in [0.1, 0.15) is 11.8 Å². The van der Waals surface area contributed by atoms with Gasteiger partial charge in [0.15, 0.2) is 40.9 Å². The Hall–Kier alpha value is -6.18. The Labute approximate surface area is 182 Å². The van der Waals surface area contributed by atoms with Crippen LogP contribution in [0.5, 0.6) is 0 Å². The summed E-state index contributed by atoms with van der Waals surface area (Å²) < 4.78 is 8.57. The van der Waals surface area contributed by atoms with E-state index in [0.29, 0.717) is 0 Å². The normalized spacial score (nSPS) is 11.7. The highest BCUT2D eigenvalue weighted by Gasteiger charge is 2.79. The molecule has 0 aliphatic carbocycles. The maximum absolute atomic E-state index is 11.1. The van der Waals surface area contributed by atoms with Crippen molar-refractivity contribution in [3.63, 3.8) is 0 Å². The zero-order valence-electron chi connectivity index (χ0n) is 15.6. The van der Waals surface area contributed by atoms with E-state index >= 15 is 0 Å². The van der Waals surface area contributed by atoms with Crippen LogP contribution in [0.3, 0.4) is 0 Å². The minimum absolute atomic E-state index is 0.731. The number of aromatic nitrogens is 7. The van der Waals surface area contributed by atoms with E-state index in [-0.39, 0.29) is 0 Å². The summed E-state index contributed by atoms with van der Waals surface area (Å²) in [5, 5.41) is 81.5. The van der Waals surface area contributed by atoms with Gasteiger partial charge in [0.2, 0.25) is 11.6 Å². The lowest BCUT2D eigenvalue weighted by atomic mass is 10.3. The van der Waals surface area contributed by atoms with Crippen molar-refractivity contribution >= 4 is 0 Å². The summed E-state index contributed by atoms with van der Waals surface area (Å²) in [6, 6.07) is 0. The number of nitro groups is 6. The smallest absolute Gasteiger partial charge is 0.315 e. The van der Waals surface area contributed by atoms with E-state index in [0.717, 1.165) is 0 Å². The summed E-state index contributed by atoms with van der Waals surface area (Å²) in [7, 11) is 0. The lowest BCUT2D eigenvalue weighted by Crippen LogP contribution is -2.50. The molecule has 35 heavy (non-hydrogen) atoms. The highest BCUT2D eigenvalue weighted by molar-refractivity contribution is 5.68. The minimum Gasteiger partial charge on any atom is -0.315 e. The second-order valence-electron chi connectivity index (χ2n) is 5.68. The van der Waals surface area contributed by atoms with Gasteiger partial charge in [-0.2, -0.15) is 25.4 Å². The molecule has 3 aromatic heterocycles. The van der Waals surface area contributed by atoms with Gasteiger partial charge in [-0.3, -0.25) is 60.7 Å². The molecule has 0 fully saturated rings. The second kappa shape index (κ2) is 7.75. The van der Waals surface area contributed by atoms with E-state index in [1.54, 1.807) is 0 Å². The molecule has 27 heteroatoms. The summed E-state index contributed by atoms with van der Waals surface area (Å²) in [5.41, 5.74) is -1.46. The molecule has 0 unspecified atom stereocenters. The van der Waals surface area contributed by atoms with Gasteiger partial charge in [0.25, 0.3) is 0 Å². The lowest BCUT2D eigenvalue weighted by molar-refractivity contribution is -0.989. The number of nitrogens with one attached hydrogen (secondary N) is 1. The first-order valence-electron chi connectivity index (χ1n) is 7.79. The summed E-state index contributed by atoms with van der Waals surface area (Å²) in [6.07, 6.45) is 0. The van der Waals surface area contributed by atoms with Gasteiger partial charge < -0.3 is 9.05 Å². The molecule has 0 aromatic carbocycles. The first kappa shape index (κ1) is 23.5. The van der Waals surface area contributed by atoms with Crippen molar-refractivity contribution in [3.05, 3.63) is 72.5 Å². The molecular formula is C8HN13O14. The molecule has 182 valence electrons. The number of hydrogen-bond donors (Lipinski definition) is 1. The molecule has 3 rings (SSSR count). The Morgan fingerprint density at radius 1 is 0.571 bits per heavy atom. The van der Waals surface area contributed by atoms with E-state index in [9.17, 15) is 60.7 Å². The number of hydrogen-bond acceptors (Lipinski definition) is 20. The molecule has 1 N–H and O–H groups in total. The van der Waals surface area contributed by atoms with Crippen molar-refractivity contribution in [2.75, 3.05) is 0 Å². The van der Waals surface area contributed by atoms with Gasteiger partial charge >= 0.3 is 23.4 Å². The summed E-state index contributed by atoms with van der Waals surface area (Å²) in [4.78, 5) is 61.4. The molecule has 27 nitrogen and oxygen atoms in total. The first-order valence-corrected chi connectivity index (χ1v) is 7.79. The van der Waals surface area contributed by atoms with Crippen LogP contribution in [0, 0.1) is 60.7 Å². The quantitative estimate of drug-likeness (QED) is 0.174. The van der Waals surface area contributed by atoms with Gasteiger partial charge in [-0.05, 0) is 0 Å². The minimum atomic E-state index is -4.32. The maximum atomic E-state index is 11.1. The molecule has 3 heterocycles.